The Hall–Kier alpha value is -3.22. The number of anilines is 1. The van der Waals surface area contributed by atoms with Crippen molar-refractivity contribution in [1.82, 2.24) is 4.98 Å². The van der Waals surface area contributed by atoms with Crippen molar-refractivity contribution in [3.8, 4) is 17.2 Å². The van der Waals surface area contributed by atoms with Gasteiger partial charge in [-0.3, -0.25) is 5.32 Å². The highest BCUT2D eigenvalue weighted by atomic mass is 35.5. The smallest absolute Gasteiger partial charge is 0.411 e. The number of carbonyl (C=O) groups is 1. The van der Waals surface area contributed by atoms with Gasteiger partial charge in [0.1, 0.15) is 17.9 Å². The van der Waals surface area contributed by atoms with Crippen LogP contribution in [0.1, 0.15) is 5.56 Å². The normalized spacial score (nSPS) is 10.8. The van der Waals surface area contributed by atoms with Gasteiger partial charge in [-0.25, -0.2) is 9.78 Å². The molecule has 1 heterocycles. The second kappa shape index (κ2) is 8.03. The number of carbonyl (C=O) groups excluding carboxylic acids is 1. The lowest BCUT2D eigenvalue weighted by Crippen LogP contribution is -2.13. The van der Waals surface area contributed by atoms with Crippen molar-refractivity contribution in [2.24, 2.45) is 0 Å². The average molecular weight is 429 g/mol. The summed E-state index contributed by atoms with van der Waals surface area (Å²) in [7, 11) is 0. The van der Waals surface area contributed by atoms with Crippen molar-refractivity contribution >= 4 is 46.1 Å². The Balaban J connectivity index is 1.44. The number of fused-ring (bicyclic) bond motifs is 1. The van der Waals surface area contributed by atoms with Crippen LogP contribution in [0, 0.1) is 0 Å². The molecule has 0 aliphatic carbocycles. The lowest BCUT2D eigenvalue weighted by Gasteiger charge is -2.08. The second-order valence-electron chi connectivity index (χ2n) is 6.19. The number of nitrogens with zero attached hydrogens (tertiary/aromatic N) is 1. The van der Waals surface area contributed by atoms with Gasteiger partial charge in [-0.1, -0.05) is 35.3 Å². The highest BCUT2D eigenvalue weighted by Crippen LogP contribution is 2.33. The topological polar surface area (TPSA) is 84.6 Å². The van der Waals surface area contributed by atoms with E-state index < -0.39 is 6.09 Å². The zero-order chi connectivity index (χ0) is 20.4. The summed E-state index contributed by atoms with van der Waals surface area (Å²) < 4.78 is 10.8. The summed E-state index contributed by atoms with van der Waals surface area (Å²) in [6.45, 7) is 0.0958. The first kappa shape index (κ1) is 19.1. The predicted octanol–water partition coefficient (Wildman–Crippen LogP) is 6.26. The number of phenolic OH excluding ortho intramolecular Hbond substituents is 1. The van der Waals surface area contributed by atoms with Crippen molar-refractivity contribution < 1.29 is 19.1 Å². The first-order valence-electron chi connectivity index (χ1n) is 8.55. The lowest BCUT2D eigenvalue weighted by atomic mass is 10.2. The van der Waals surface area contributed by atoms with E-state index in [9.17, 15) is 9.90 Å². The minimum absolute atomic E-state index is 0.0958. The Labute approximate surface area is 175 Å². The largest absolute Gasteiger partial charge is 0.507 e. The number of oxazole rings is 1. The minimum atomic E-state index is -0.649. The molecule has 0 aliphatic heterocycles. The quantitative estimate of drug-likeness (QED) is 0.400. The van der Waals surface area contributed by atoms with Crippen molar-refractivity contribution in [2.45, 2.75) is 6.61 Å². The zero-order valence-electron chi connectivity index (χ0n) is 14.9. The van der Waals surface area contributed by atoms with Crippen LogP contribution < -0.4 is 5.32 Å². The number of hydrogen-bond donors (Lipinski definition) is 2. The minimum Gasteiger partial charge on any atom is -0.507 e. The van der Waals surface area contributed by atoms with E-state index in [2.05, 4.69) is 10.3 Å². The molecular formula is C21H14Cl2N2O4. The number of amides is 1. The number of aromatic hydroxyl groups is 1. The Kier molecular flexibility index (Phi) is 5.29. The number of aromatic nitrogens is 1. The number of phenols is 1. The van der Waals surface area contributed by atoms with E-state index in [-0.39, 0.29) is 18.2 Å². The molecule has 1 amide bonds. The molecule has 2 N–H and O–H groups in total. The Morgan fingerprint density at radius 2 is 1.79 bits per heavy atom. The summed E-state index contributed by atoms with van der Waals surface area (Å²) in [4.78, 5) is 16.3. The van der Waals surface area contributed by atoms with Crippen LogP contribution in [0.3, 0.4) is 0 Å². The van der Waals surface area contributed by atoms with E-state index in [4.69, 9.17) is 32.4 Å². The van der Waals surface area contributed by atoms with Gasteiger partial charge in [-0.2, -0.15) is 0 Å². The molecule has 0 spiro atoms. The standard InChI is InChI=1S/C21H14Cl2N2O4/c22-13-3-1-12(2-4-13)11-28-21(27)24-15-6-7-16(18(26)10-15)20-25-17-9-14(23)5-8-19(17)29-20/h1-10,26H,11H2,(H,24,27). The van der Waals surface area contributed by atoms with E-state index >= 15 is 0 Å². The van der Waals surface area contributed by atoms with Gasteiger partial charge in [0.05, 0.1) is 5.56 Å². The molecule has 1 aromatic heterocycles. The summed E-state index contributed by atoms with van der Waals surface area (Å²) in [5.74, 6) is 0.148. The van der Waals surface area contributed by atoms with Crippen molar-refractivity contribution in [2.75, 3.05) is 5.32 Å². The molecule has 146 valence electrons. The summed E-state index contributed by atoms with van der Waals surface area (Å²) in [6, 6.07) is 16.6. The molecule has 0 aliphatic rings. The highest BCUT2D eigenvalue weighted by molar-refractivity contribution is 6.31. The first-order chi connectivity index (χ1) is 14.0. The number of ether oxygens (including phenoxy) is 1. The van der Waals surface area contributed by atoms with Gasteiger partial charge >= 0.3 is 6.09 Å². The maximum atomic E-state index is 12.0. The molecule has 0 saturated carbocycles. The number of halogens is 2. The van der Waals surface area contributed by atoms with Crippen LogP contribution in [-0.4, -0.2) is 16.2 Å². The van der Waals surface area contributed by atoms with Crippen LogP contribution in [0.5, 0.6) is 5.75 Å². The zero-order valence-corrected chi connectivity index (χ0v) is 16.4. The molecule has 3 aromatic carbocycles. The van der Waals surface area contributed by atoms with Gasteiger partial charge in [-0.05, 0) is 48.0 Å². The Morgan fingerprint density at radius 3 is 2.55 bits per heavy atom. The van der Waals surface area contributed by atoms with Gasteiger partial charge < -0.3 is 14.3 Å². The monoisotopic (exact) mass is 428 g/mol. The molecule has 29 heavy (non-hydrogen) atoms. The lowest BCUT2D eigenvalue weighted by molar-refractivity contribution is 0.155. The molecule has 0 unspecified atom stereocenters. The van der Waals surface area contributed by atoms with Gasteiger partial charge in [-0.15, -0.1) is 0 Å². The Bertz CT molecular complexity index is 1190. The fourth-order valence-corrected chi connectivity index (χ4v) is 2.98. The van der Waals surface area contributed by atoms with Crippen LogP contribution in [-0.2, 0) is 11.3 Å². The highest BCUT2D eigenvalue weighted by Gasteiger charge is 2.14. The number of rotatable bonds is 4. The predicted molar refractivity (Wildman–Crippen MR) is 111 cm³/mol. The number of benzene rings is 3. The average Bonchev–Trinajstić information content (AvgIpc) is 3.10. The van der Waals surface area contributed by atoms with E-state index in [1.807, 2.05) is 0 Å². The van der Waals surface area contributed by atoms with Gasteiger partial charge in [0.2, 0.25) is 5.89 Å². The van der Waals surface area contributed by atoms with Crippen LogP contribution in [0.2, 0.25) is 10.0 Å². The van der Waals surface area contributed by atoms with Gasteiger partial charge in [0.25, 0.3) is 0 Å². The summed E-state index contributed by atoms with van der Waals surface area (Å²) in [5.41, 5.74) is 2.69. The molecule has 0 atom stereocenters. The molecular weight excluding hydrogens is 415 g/mol. The third kappa shape index (κ3) is 4.45. The van der Waals surface area contributed by atoms with Crippen LogP contribution in [0.15, 0.2) is 65.1 Å². The van der Waals surface area contributed by atoms with E-state index in [1.54, 1.807) is 54.6 Å². The molecule has 0 bridgehead atoms. The molecule has 0 radical (unpaired) electrons. The third-order valence-corrected chi connectivity index (χ3v) is 4.59. The first-order valence-corrected chi connectivity index (χ1v) is 9.31. The molecule has 6 nitrogen and oxygen atoms in total. The van der Waals surface area contributed by atoms with Crippen LogP contribution in [0.4, 0.5) is 10.5 Å². The second-order valence-corrected chi connectivity index (χ2v) is 7.06. The summed E-state index contributed by atoms with van der Waals surface area (Å²) in [5, 5.41) is 14.0. The third-order valence-electron chi connectivity index (χ3n) is 4.11. The SMILES string of the molecule is O=C(Nc1ccc(-c2nc3cc(Cl)ccc3o2)c(O)c1)OCc1ccc(Cl)cc1. The molecule has 0 fully saturated rings. The fraction of sp³-hybridized carbons (Fsp3) is 0.0476. The Morgan fingerprint density at radius 1 is 1.03 bits per heavy atom. The molecule has 4 aromatic rings. The van der Waals surface area contributed by atoms with Gasteiger partial charge in [0, 0.05) is 21.8 Å². The van der Waals surface area contributed by atoms with E-state index in [0.717, 1.165) is 5.56 Å². The number of hydrogen-bond acceptors (Lipinski definition) is 5. The van der Waals surface area contributed by atoms with Crippen LogP contribution >= 0.6 is 23.2 Å². The maximum Gasteiger partial charge on any atom is 0.411 e. The van der Waals surface area contributed by atoms with Gasteiger partial charge in [0.15, 0.2) is 5.58 Å². The van der Waals surface area contributed by atoms with Crippen molar-refractivity contribution in [3.05, 3.63) is 76.3 Å². The van der Waals surface area contributed by atoms with E-state index in [1.165, 1.54) is 6.07 Å². The fourth-order valence-electron chi connectivity index (χ4n) is 2.69. The number of nitrogens with one attached hydrogen (secondary N) is 1. The van der Waals surface area contributed by atoms with Crippen LogP contribution in [0.25, 0.3) is 22.6 Å². The maximum absolute atomic E-state index is 12.0. The van der Waals surface area contributed by atoms with E-state index in [0.29, 0.717) is 32.4 Å². The summed E-state index contributed by atoms with van der Waals surface area (Å²) >= 11 is 11.8. The van der Waals surface area contributed by atoms with Crippen molar-refractivity contribution in [1.29, 1.82) is 0 Å². The molecule has 0 saturated heterocycles. The molecule has 4 rings (SSSR count). The molecule has 8 heteroatoms. The summed E-state index contributed by atoms with van der Waals surface area (Å²) in [6.07, 6.45) is -0.649. The van der Waals surface area contributed by atoms with Crippen molar-refractivity contribution in [3.63, 3.8) is 0 Å².